The van der Waals surface area contributed by atoms with Crippen LogP contribution >= 0.6 is 0 Å². The summed E-state index contributed by atoms with van der Waals surface area (Å²) in [6, 6.07) is 3.95. The highest BCUT2D eigenvalue weighted by atomic mass is 16.5. The Balaban J connectivity index is 3.18. The van der Waals surface area contributed by atoms with Gasteiger partial charge in [-0.05, 0) is 45.9 Å². The topological polar surface area (TPSA) is 119 Å². The third-order valence-electron chi connectivity index (χ3n) is 2.73. The first-order chi connectivity index (χ1) is 12.1. The van der Waals surface area contributed by atoms with Gasteiger partial charge in [-0.3, -0.25) is 4.79 Å². The molecule has 8 nitrogen and oxygen atoms in total. The highest BCUT2D eigenvalue weighted by molar-refractivity contribution is 6.04. The lowest BCUT2D eigenvalue weighted by Crippen LogP contribution is -2.16. The number of carboxylic acid groups (broad SMARTS) is 1. The fourth-order valence-electron chi connectivity index (χ4n) is 1.83. The quantitative estimate of drug-likeness (QED) is 0.564. The van der Waals surface area contributed by atoms with Crippen molar-refractivity contribution in [2.45, 2.75) is 39.9 Å². The van der Waals surface area contributed by atoms with Crippen molar-refractivity contribution in [2.75, 3.05) is 5.32 Å². The molecule has 1 amide bonds. The molecule has 8 heteroatoms. The van der Waals surface area contributed by atoms with Gasteiger partial charge in [0.15, 0.2) is 0 Å². The van der Waals surface area contributed by atoms with Gasteiger partial charge in [-0.2, -0.15) is 0 Å². The molecule has 140 valence electrons. The first-order valence-corrected chi connectivity index (χ1v) is 7.87. The van der Waals surface area contributed by atoms with Crippen molar-refractivity contribution in [3.05, 3.63) is 41.5 Å². The van der Waals surface area contributed by atoms with E-state index < -0.39 is 23.8 Å². The molecule has 1 aromatic carbocycles. The zero-order valence-corrected chi connectivity index (χ0v) is 14.9. The maximum atomic E-state index is 12.1. The number of rotatable bonds is 7. The molecule has 0 aliphatic rings. The summed E-state index contributed by atoms with van der Waals surface area (Å²) < 4.78 is 10.2. The number of carboxylic acids is 1. The van der Waals surface area contributed by atoms with Gasteiger partial charge in [0, 0.05) is 17.8 Å². The number of amides is 1. The largest absolute Gasteiger partial charge is 0.478 e. The van der Waals surface area contributed by atoms with Crippen LogP contribution in [0.25, 0.3) is 0 Å². The first kappa shape index (κ1) is 20.9. The zero-order chi connectivity index (χ0) is 19.9. The van der Waals surface area contributed by atoms with E-state index in [1.807, 2.05) is 0 Å². The summed E-state index contributed by atoms with van der Waals surface area (Å²) in [5, 5.41) is 10.9. The van der Waals surface area contributed by atoms with E-state index in [-0.39, 0.29) is 29.0 Å². The Kier molecular flexibility index (Phi) is 7.52. The normalized spacial score (nSPS) is 10.8. The van der Waals surface area contributed by atoms with Crippen LogP contribution < -0.4 is 5.32 Å². The van der Waals surface area contributed by atoms with Crippen molar-refractivity contribution in [1.82, 2.24) is 0 Å². The number of carbonyl (C=O) groups excluding carboxylic acids is 3. The average Bonchev–Trinajstić information content (AvgIpc) is 2.51. The van der Waals surface area contributed by atoms with E-state index >= 15 is 0 Å². The van der Waals surface area contributed by atoms with Gasteiger partial charge in [0.25, 0.3) is 0 Å². The summed E-state index contributed by atoms with van der Waals surface area (Å²) >= 11 is 0. The Labute approximate surface area is 150 Å². The Hall–Kier alpha value is -3.16. The summed E-state index contributed by atoms with van der Waals surface area (Å²) in [6.45, 7) is 6.70. The van der Waals surface area contributed by atoms with Crippen LogP contribution in [0.2, 0.25) is 0 Å². The zero-order valence-electron chi connectivity index (χ0n) is 14.9. The number of hydrogen-bond acceptors (Lipinski definition) is 6. The van der Waals surface area contributed by atoms with Gasteiger partial charge in [0.1, 0.15) is 0 Å². The number of hydrogen-bond donors (Lipinski definition) is 2. The minimum atomic E-state index is -1.28. The van der Waals surface area contributed by atoms with Gasteiger partial charge in [0.2, 0.25) is 5.91 Å². The van der Waals surface area contributed by atoms with Crippen LogP contribution in [-0.2, 0) is 19.1 Å². The third-order valence-corrected chi connectivity index (χ3v) is 2.73. The van der Waals surface area contributed by atoms with Gasteiger partial charge < -0.3 is 19.9 Å². The Morgan fingerprint density at radius 2 is 1.35 bits per heavy atom. The minimum absolute atomic E-state index is 0.0504. The molecule has 0 heterocycles. The highest BCUT2D eigenvalue weighted by Crippen LogP contribution is 2.18. The molecular weight excluding hydrogens is 342 g/mol. The molecule has 0 fully saturated rings. The number of ether oxygens (including phenoxy) is 2. The van der Waals surface area contributed by atoms with Gasteiger partial charge >= 0.3 is 17.9 Å². The van der Waals surface area contributed by atoms with Crippen molar-refractivity contribution in [1.29, 1.82) is 0 Å². The molecule has 0 aromatic heterocycles. The molecule has 0 radical (unpaired) electrons. The first-order valence-electron chi connectivity index (χ1n) is 7.87. The van der Waals surface area contributed by atoms with E-state index in [4.69, 9.17) is 14.6 Å². The lowest BCUT2D eigenvalue weighted by molar-refractivity contribution is -0.131. The molecule has 1 aromatic rings. The van der Waals surface area contributed by atoms with E-state index in [1.54, 1.807) is 27.7 Å². The SMILES string of the molecule is CC(C)OC(=O)c1cc(NC(=O)/C=C/C(=O)O)cc(C(=O)OC(C)C)c1. The number of nitrogens with one attached hydrogen (secondary N) is 1. The Bertz CT molecular complexity index is 695. The van der Waals surface area contributed by atoms with Crippen LogP contribution in [-0.4, -0.2) is 41.1 Å². The highest BCUT2D eigenvalue weighted by Gasteiger charge is 2.17. The van der Waals surface area contributed by atoms with Crippen molar-refractivity contribution >= 4 is 29.5 Å². The molecule has 0 saturated heterocycles. The number of anilines is 1. The second-order valence-electron chi connectivity index (χ2n) is 5.87. The van der Waals surface area contributed by atoms with E-state index in [1.165, 1.54) is 18.2 Å². The minimum Gasteiger partial charge on any atom is -0.478 e. The van der Waals surface area contributed by atoms with Gasteiger partial charge in [-0.15, -0.1) is 0 Å². The van der Waals surface area contributed by atoms with Crippen molar-refractivity contribution in [2.24, 2.45) is 0 Å². The molecule has 0 aliphatic heterocycles. The van der Waals surface area contributed by atoms with Crippen molar-refractivity contribution < 1.29 is 33.8 Å². The van der Waals surface area contributed by atoms with Crippen LogP contribution in [0, 0.1) is 0 Å². The van der Waals surface area contributed by atoms with E-state index in [9.17, 15) is 19.2 Å². The number of benzene rings is 1. The average molecular weight is 363 g/mol. The summed E-state index contributed by atoms with van der Waals surface area (Å²) in [7, 11) is 0. The lowest BCUT2D eigenvalue weighted by Gasteiger charge is -2.13. The van der Waals surface area contributed by atoms with E-state index in [2.05, 4.69) is 5.32 Å². The molecule has 0 bridgehead atoms. The summed E-state index contributed by atoms with van der Waals surface area (Å²) in [5.41, 5.74) is 0.225. The van der Waals surface area contributed by atoms with Crippen LogP contribution in [0.4, 0.5) is 5.69 Å². The molecular formula is C18H21NO7. The van der Waals surface area contributed by atoms with Crippen molar-refractivity contribution in [3.63, 3.8) is 0 Å². The Morgan fingerprint density at radius 1 is 0.885 bits per heavy atom. The van der Waals surface area contributed by atoms with Crippen molar-refractivity contribution in [3.8, 4) is 0 Å². The maximum absolute atomic E-state index is 12.1. The van der Waals surface area contributed by atoms with Gasteiger partial charge in [0.05, 0.1) is 23.3 Å². The monoisotopic (exact) mass is 363 g/mol. The van der Waals surface area contributed by atoms with Crippen LogP contribution in [0.15, 0.2) is 30.4 Å². The van der Waals surface area contributed by atoms with E-state index in [0.717, 1.165) is 6.08 Å². The number of carbonyl (C=O) groups is 4. The fraction of sp³-hybridized carbons (Fsp3) is 0.333. The molecule has 0 aliphatic carbocycles. The summed E-state index contributed by atoms with van der Waals surface area (Å²) in [5.74, 6) is -3.35. The summed E-state index contributed by atoms with van der Waals surface area (Å²) in [6.07, 6.45) is 0.740. The predicted octanol–water partition coefficient (Wildman–Crippen LogP) is 2.40. The fourth-order valence-corrected chi connectivity index (χ4v) is 1.83. The third kappa shape index (κ3) is 7.16. The smallest absolute Gasteiger partial charge is 0.338 e. The maximum Gasteiger partial charge on any atom is 0.338 e. The van der Waals surface area contributed by atoms with E-state index in [0.29, 0.717) is 6.08 Å². The van der Waals surface area contributed by atoms with Gasteiger partial charge in [-0.25, -0.2) is 14.4 Å². The molecule has 1 rings (SSSR count). The number of esters is 2. The van der Waals surface area contributed by atoms with Gasteiger partial charge in [-0.1, -0.05) is 0 Å². The molecule has 0 spiro atoms. The second-order valence-corrected chi connectivity index (χ2v) is 5.87. The Morgan fingerprint density at radius 3 is 1.73 bits per heavy atom. The molecule has 0 atom stereocenters. The molecule has 2 N–H and O–H groups in total. The standard InChI is InChI=1S/C18H21NO7/c1-10(2)25-17(23)12-7-13(18(24)26-11(3)4)9-14(8-12)19-15(20)5-6-16(21)22/h5-11H,1-4H3,(H,19,20)(H,21,22)/b6-5+. The number of aliphatic carboxylic acids is 1. The molecule has 26 heavy (non-hydrogen) atoms. The van der Waals surface area contributed by atoms with Crippen LogP contribution in [0.1, 0.15) is 48.4 Å². The predicted molar refractivity (Wildman–Crippen MR) is 93.0 cm³/mol. The van der Waals surface area contributed by atoms with Crippen LogP contribution in [0.5, 0.6) is 0 Å². The summed E-state index contributed by atoms with van der Waals surface area (Å²) in [4.78, 5) is 46.5. The lowest BCUT2D eigenvalue weighted by atomic mass is 10.1. The molecule has 0 saturated carbocycles. The molecule has 0 unspecified atom stereocenters. The van der Waals surface area contributed by atoms with Crippen LogP contribution in [0.3, 0.4) is 0 Å². The second kappa shape index (κ2) is 9.36.